The number of halogens is 1. The largest absolute Gasteiger partial charge is 0.483 e. The number of amides is 2. The van der Waals surface area contributed by atoms with E-state index in [9.17, 15) is 9.59 Å². The van der Waals surface area contributed by atoms with E-state index in [4.69, 9.17) is 9.47 Å². The average molecular weight is 469 g/mol. The number of aryl methyl sites for hydroxylation is 1. The molecule has 0 radical (unpaired) electrons. The number of benzene rings is 3. The maximum atomic E-state index is 11.9. The monoisotopic (exact) mass is 468 g/mol. The molecule has 0 aromatic heterocycles. The zero-order valence-corrected chi connectivity index (χ0v) is 17.9. The van der Waals surface area contributed by atoms with Crippen LogP contribution in [0.1, 0.15) is 5.56 Å². The maximum Gasteiger partial charge on any atom is 0.276 e. The summed E-state index contributed by atoms with van der Waals surface area (Å²) in [5.74, 6) is 0.184. The van der Waals surface area contributed by atoms with Crippen LogP contribution >= 0.6 is 15.9 Å². The normalized spacial score (nSPS) is 10.2. The van der Waals surface area contributed by atoms with Gasteiger partial charge in [-0.2, -0.15) is 0 Å². The first-order chi connectivity index (χ1) is 14.5. The molecule has 3 aromatic carbocycles. The number of rotatable bonds is 7. The second-order valence-electron chi connectivity index (χ2n) is 6.45. The van der Waals surface area contributed by atoms with Gasteiger partial charge in [0.1, 0.15) is 11.5 Å². The first-order valence-corrected chi connectivity index (χ1v) is 10.1. The molecule has 7 heteroatoms. The predicted molar refractivity (Wildman–Crippen MR) is 118 cm³/mol. The number of para-hydroxylation sites is 1. The number of hydrogen-bond donors (Lipinski definition) is 2. The summed E-state index contributed by atoms with van der Waals surface area (Å²) in [5, 5.41) is 0. The van der Waals surface area contributed by atoms with E-state index in [1.807, 2.05) is 67.6 Å². The Morgan fingerprint density at radius 2 is 1.37 bits per heavy atom. The molecule has 0 aliphatic heterocycles. The van der Waals surface area contributed by atoms with Crippen LogP contribution in [0.3, 0.4) is 0 Å². The van der Waals surface area contributed by atoms with Gasteiger partial charge in [0.25, 0.3) is 11.8 Å². The standard InChI is InChI=1S/C23H21BrN2O4/c1-16-7-5-6-10-20(16)29-14-22(27)25-26-23(28)15-30-21-12-11-18(13-19(21)24)17-8-3-2-4-9-17/h2-13H,14-15H2,1H3,(H,25,27)(H,26,28). The zero-order chi connectivity index (χ0) is 21.3. The van der Waals surface area contributed by atoms with Crippen LogP contribution in [-0.2, 0) is 9.59 Å². The summed E-state index contributed by atoms with van der Waals surface area (Å²) in [7, 11) is 0. The summed E-state index contributed by atoms with van der Waals surface area (Å²) in [4.78, 5) is 23.8. The number of nitrogens with one attached hydrogen (secondary N) is 2. The molecule has 0 atom stereocenters. The second kappa shape index (κ2) is 10.5. The predicted octanol–water partition coefficient (Wildman–Crippen LogP) is 4.03. The second-order valence-corrected chi connectivity index (χ2v) is 7.30. The maximum absolute atomic E-state index is 11.9. The molecule has 3 rings (SSSR count). The molecule has 0 fully saturated rings. The van der Waals surface area contributed by atoms with Gasteiger partial charge in [-0.25, -0.2) is 0 Å². The van der Waals surface area contributed by atoms with E-state index in [1.54, 1.807) is 12.1 Å². The molecule has 0 aliphatic carbocycles. The van der Waals surface area contributed by atoms with Crippen molar-refractivity contribution >= 4 is 27.7 Å². The highest BCUT2D eigenvalue weighted by atomic mass is 79.9. The van der Waals surface area contributed by atoms with Gasteiger partial charge in [0, 0.05) is 0 Å². The van der Waals surface area contributed by atoms with Crippen LogP contribution < -0.4 is 20.3 Å². The number of hydrazine groups is 1. The molecule has 0 unspecified atom stereocenters. The van der Waals surface area contributed by atoms with Crippen LogP contribution in [0, 0.1) is 6.92 Å². The van der Waals surface area contributed by atoms with Crippen LogP contribution in [0.2, 0.25) is 0 Å². The fourth-order valence-corrected chi connectivity index (χ4v) is 3.14. The van der Waals surface area contributed by atoms with Gasteiger partial charge < -0.3 is 9.47 Å². The van der Waals surface area contributed by atoms with Crippen molar-refractivity contribution in [3.63, 3.8) is 0 Å². The molecule has 0 bridgehead atoms. The number of carbonyl (C=O) groups excluding carboxylic acids is 2. The van der Waals surface area contributed by atoms with E-state index in [-0.39, 0.29) is 13.2 Å². The van der Waals surface area contributed by atoms with Crippen molar-refractivity contribution in [3.05, 3.63) is 82.8 Å². The van der Waals surface area contributed by atoms with Crippen molar-refractivity contribution in [1.29, 1.82) is 0 Å². The SMILES string of the molecule is Cc1ccccc1OCC(=O)NNC(=O)COc1ccc(-c2ccccc2)cc1Br. The molecule has 0 saturated carbocycles. The fourth-order valence-electron chi connectivity index (χ4n) is 2.64. The lowest BCUT2D eigenvalue weighted by Gasteiger charge is -2.12. The van der Waals surface area contributed by atoms with Crippen LogP contribution in [0.5, 0.6) is 11.5 Å². The van der Waals surface area contributed by atoms with Crippen LogP contribution in [-0.4, -0.2) is 25.0 Å². The summed E-state index contributed by atoms with van der Waals surface area (Å²) >= 11 is 3.46. The number of carbonyl (C=O) groups is 2. The molecule has 6 nitrogen and oxygen atoms in total. The molecule has 0 heterocycles. The minimum Gasteiger partial charge on any atom is -0.483 e. The summed E-state index contributed by atoms with van der Waals surface area (Å²) in [6.07, 6.45) is 0. The van der Waals surface area contributed by atoms with Crippen molar-refractivity contribution in [2.75, 3.05) is 13.2 Å². The van der Waals surface area contributed by atoms with Crippen molar-refractivity contribution < 1.29 is 19.1 Å². The van der Waals surface area contributed by atoms with Crippen LogP contribution in [0.4, 0.5) is 0 Å². The highest BCUT2D eigenvalue weighted by molar-refractivity contribution is 9.10. The van der Waals surface area contributed by atoms with Gasteiger partial charge in [0.05, 0.1) is 4.47 Å². The van der Waals surface area contributed by atoms with Gasteiger partial charge >= 0.3 is 0 Å². The summed E-state index contributed by atoms with van der Waals surface area (Å²) in [6, 6.07) is 22.9. The Labute approximate surface area is 183 Å². The Hall–Kier alpha value is -3.32. The molecule has 154 valence electrons. The van der Waals surface area contributed by atoms with Gasteiger partial charge in [-0.05, 0) is 57.7 Å². The van der Waals surface area contributed by atoms with E-state index in [2.05, 4.69) is 26.8 Å². The average Bonchev–Trinajstić information content (AvgIpc) is 2.77. The molecule has 0 aliphatic rings. The molecule has 2 amide bonds. The molecule has 0 saturated heterocycles. The Morgan fingerprint density at radius 1 is 0.767 bits per heavy atom. The molecular weight excluding hydrogens is 448 g/mol. The fraction of sp³-hybridized carbons (Fsp3) is 0.130. The topological polar surface area (TPSA) is 76.7 Å². The van der Waals surface area contributed by atoms with E-state index < -0.39 is 11.8 Å². The molecule has 2 N–H and O–H groups in total. The lowest BCUT2D eigenvalue weighted by Crippen LogP contribution is -2.45. The van der Waals surface area contributed by atoms with Crippen molar-refractivity contribution in [2.45, 2.75) is 6.92 Å². The van der Waals surface area contributed by atoms with E-state index in [0.717, 1.165) is 21.2 Å². The number of hydrogen-bond acceptors (Lipinski definition) is 4. The summed E-state index contributed by atoms with van der Waals surface area (Å²) < 4.78 is 11.7. The lowest BCUT2D eigenvalue weighted by molar-refractivity contribution is -0.131. The zero-order valence-electron chi connectivity index (χ0n) is 16.4. The Morgan fingerprint density at radius 3 is 2.00 bits per heavy atom. The lowest BCUT2D eigenvalue weighted by atomic mass is 10.1. The third-order valence-electron chi connectivity index (χ3n) is 4.19. The van der Waals surface area contributed by atoms with Gasteiger partial charge in [-0.1, -0.05) is 54.6 Å². The number of ether oxygens (including phenoxy) is 2. The minimum atomic E-state index is -0.488. The van der Waals surface area contributed by atoms with Crippen LogP contribution in [0.25, 0.3) is 11.1 Å². The quantitative estimate of drug-likeness (QED) is 0.513. The van der Waals surface area contributed by atoms with Crippen LogP contribution in [0.15, 0.2) is 77.3 Å². The van der Waals surface area contributed by atoms with Gasteiger partial charge in [0.15, 0.2) is 13.2 Å². The summed E-state index contributed by atoms with van der Waals surface area (Å²) in [6.45, 7) is 1.43. The van der Waals surface area contributed by atoms with Gasteiger partial charge in [0.2, 0.25) is 0 Å². The van der Waals surface area contributed by atoms with Crippen molar-refractivity contribution in [3.8, 4) is 22.6 Å². The van der Waals surface area contributed by atoms with E-state index in [0.29, 0.717) is 11.5 Å². The Balaban J connectivity index is 1.43. The first-order valence-electron chi connectivity index (χ1n) is 9.27. The minimum absolute atomic E-state index is 0.210. The molecule has 3 aromatic rings. The Bertz CT molecular complexity index is 1020. The third-order valence-corrected chi connectivity index (χ3v) is 4.81. The molecule has 0 spiro atoms. The molecule has 30 heavy (non-hydrogen) atoms. The third kappa shape index (κ3) is 6.09. The van der Waals surface area contributed by atoms with Gasteiger partial charge in [-0.15, -0.1) is 0 Å². The smallest absolute Gasteiger partial charge is 0.276 e. The highest BCUT2D eigenvalue weighted by Gasteiger charge is 2.09. The van der Waals surface area contributed by atoms with Gasteiger partial charge in [-0.3, -0.25) is 20.4 Å². The van der Waals surface area contributed by atoms with Crippen molar-refractivity contribution in [2.24, 2.45) is 0 Å². The summed E-state index contributed by atoms with van der Waals surface area (Å²) in [5.41, 5.74) is 7.63. The Kier molecular flexibility index (Phi) is 7.45. The van der Waals surface area contributed by atoms with E-state index >= 15 is 0 Å². The van der Waals surface area contributed by atoms with Crippen molar-refractivity contribution in [1.82, 2.24) is 10.9 Å². The van der Waals surface area contributed by atoms with E-state index in [1.165, 1.54) is 0 Å². The first kappa shape index (κ1) is 21.4. The highest BCUT2D eigenvalue weighted by Crippen LogP contribution is 2.30. The molecular formula is C23H21BrN2O4.